The lowest BCUT2D eigenvalue weighted by Gasteiger charge is -2.05. The molecule has 0 unspecified atom stereocenters. The first kappa shape index (κ1) is 20.4. The van der Waals surface area contributed by atoms with Crippen LogP contribution in [0.1, 0.15) is 0 Å². The molecule has 0 aliphatic rings. The van der Waals surface area contributed by atoms with Crippen LogP contribution in [0.4, 0.5) is 4.39 Å². The number of ether oxygens (including phenoxy) is 2. The molecule has 160 valence electrons. The first-order valence-electron chi connectivity index (χ1n) is 8.80. The molecule has 4 heterocycles. The standard InChI is InChI=1S/C19H9ClFN5O4S2/c1-28-12-4-5-22-13-14(12)30-19(31)26(16(13)27)18-24-10-7-23-17(25-15(10)32-18)29-11-3-2-8(21)6-9(11)20/h2-7H,1H3. The molecule has 0 aliphatic carbocycles. The molecule has 0 saturated heterocycles. The average molecular weight is 490 g/mol. The summed E-state index contributed by atoms with van der Waals surface area (Å²) in [4.78, 5) is 30.2. The Kier molecular flexibility index (Phi) is 5.04. The molecule has 0 saturated carbocycles. The molecule has 0 bridgehead atoms. The van der Waals surface area contributed by atoms with Crippen LogP contribution >= 0.6 is 35.2 Å². The third kappa shape index (κ3) is 3.47. The van der Waals surface area contributed by atoms with Gasteiger partial charge in [0.1, 0.15) is 17.1 Å². The minimum atomic E-state index is -0.517. The second-order valence-corrected chi connectivity index (χ2v) is 7.93. The molecule has 9 nitrogen and oxygen atoms in total. The van der Waals surface area contributed by atoms with Crippen LogP contribution in [-0.2, 0) is 0 Å². The van der Waals surface area contributed by atoms with Gasteiger partial charge in [0.05, 0.1) is 18.3 Å². The lowest BCUT2D eigenvalue weighted by Crippen LogP contribution is -2.20. The van der Waals surface area contributed by atoms with Gasteiger partial charge in [-0.3, -0.25) is 4.79 Å². The fourth-order valence-electron chi connectivity index (χ4n) is 2.84. The highest BCUT2D eigenvalue weighted by Gasteiger charge is 2.18. The van der Waals surface area contributed by atoms with Gasteiger partial charge in [-0.1, -0.05) is 22.9 Å². The molecule has 32 heavy (non-hydrogen) atoms. The van der Waals surface area contributed by atoms with E-state index in [1.165, 1.54) is 31.6 Å². The van der Waals surface area contributed by atoms with E-state index in [0.717, 1.165) is 22.0 Å². The highest BCUT2D eigenvalue weighted by Crippen LogP contribution is 2.30. The lowest BCUT2D eigenvalue weighted by molar-refractivity contribution is 0.404. The van der Waals surface area contributed by atoms with E-state index in [4.69, 9.17) is 37.7 Å². The summed E-state index contributed by atoms with van der Waals surface area (Å²) in [6.45, 7) is 0. The van der Waals surface area contributed by atoms with Crippen LogP contribution in [0.15, 0.2) is 45.9 Å². The Morgan fingerprint density at radius 2 is 2.06 bits per heavy atom. The summed E-state index contributed by atoms with van der Waals surface area (Å²) in [5, 5.41) is 0.290. The van der Waals surface area contributed by atoms with Gasteiger partial charge in [0.25, 0.3) is 10.4 Å². The lowest BCUT2D eigenvalue weighted by atomic mass is 10.3. The molecule has 0 fully saturated rings. The van der Waals surface area contributed by atoms with Gasteiger partial charge in [0.15, 0.2) is 16.1 Å². The van der Waals surface area contributed by atoms with Gasteiger partial charge >= 0.3 is 6.01 Å². The van der Waals surface area contributed by atoms with Gasteiger partial charge in [-0.05, 0) is 30.4 Å². The number of hydrogen-bond acceptors (Lipinski definition) is 10. The second-order valence-electron chi connectivity index (χ2n) is 6.22. The molecule has 0 amide bonds. The van der Waals surface area contributed by atoms with Crippen LogP contribution in [0.5, 0.6) is 17.5 Å². The molecule has 0 N–H and O–H groups in total. The number of pyridine rings is 1. The number of thiazole rings is 1. The van der Waals surface area contributed by atoms with Gasteiger partial charge in [-0.2, -0.15) is 4.98 Å². The molecular formula is C19H9ClFN5O4S2. The predicted molar refractivity (Wildman–Crippen MR) is 117 cm³/mol. The van der Waals surface area contributed by atoms with E-state index < -0.39 is 11.4 Å². The average Bonchev–Trinajstić information content (AvgIpc) is 3.18. The van der Waals surface area contributed by atoms with E-state index in [9.17, 15) is 9.18 Å². The molecule has 0 spiro atoms. The third-order valence-electron chi connectivity index (χ3n) is 4.27. The Balaban J connectivity index is 1.59. The molecule has 1 aromatic carbocycles. The number of fused-ring (bicyclic) bond motifs is 2. The monoisotopic (exact) mass is 489 g/mol. The Labute approximate surface area is 191 Å². The summed E-state index contributed by atoms with van der Waals surface area (Å²) >= 11 is 12.3. The van der Waals surface area contributed by atoms with Crippen LogP contribution in [0, 0.1) is 10.7 Å². The topological polar surface area (TPSA) is 105 Å². The molecule has 4 aromatic heterocycles. The summed E-state index contributed by atoms with van der Waals surface area (Å²) in [6, 6.07) is 5.22. The third-order valence-corrected chi connectivity index (χ3v) is 5.78. The number of methoxy groups -OCH3 is 1. The quantitative estimate of drug-likeness (QED) is 0.332. The summed E-state index contributed by atoms with van der Waals surface area (Å²) in [7, 11) is 1.45. The molecule has 5 aromatic rings. The van der Waals surface area contributed by atoms with Gasteiger partial charge in [0, 0.05) is 12.3 Å². The molecule has 0 radical (unpaired) electrons. The minimum absolute atomic E-state index is 0.0262. The molecule has 0 aliphatic heterocycles. The maximum atomic E-state index is 13.2. The predicted octanol–water partition coefficient (Wildman–Crippen LogP) is 4.70. The smallest absolute Gasteiger partial charge is 0.323 e. The van der Waals surface area contributed by atoms with Crippen molar-refractivity contribution < 1.29 is 18.3 Å². The van der Waals surface area contributed by atoms with Gasteiger partial charge < -0.3 is 13.9 Å². The molecule has 0 atom stereocenters. The van der Waals surface area contributed by atoms with Crippen molar-refractivity contribution in [3.05, 3.63) is 62.7 Å². The first-order valence-corrected chi connectivity index (χ1v) is 10.4. The number of aromatic nitrogens is 5. The fourth-order valence-corrected chi connectivity index (χ4v) is 4.26. The highest BCUT2D eigenvalue weighted by atomic mass is 35.5. The SMILES string of the molecule is COc1ccnc2c(=O)n(-c3nc4cnc(Oc5ccc(F)cc5Cl)nc4s3)c(=S)oc12. The van der Waals surface area contributed by atoms with Crippen molar-refractivity contribution in [1.29, 1.82) is 0 Å². The minimum Gasteiger partial charge on any atom is -0.493 e. The van der Waals surface area contributed by atoms with E-state index >= 15 is 0 Å². The van der Waals surface area contributed by atoms with Gasteiger partial charge in [0.2, 0.25) is 10.7 Å². The summed E-state index contributed by atoms with van der Waals surface area (Å²) in [5.41, 5.74) is 0.0755. The maximum absolute atomic E-state index is 13.2. The Bertz CT molecular complexity index is 1630. The number of nitrogens with zero attached hydrogens (tertiary/aromatic N) is 5. The van der Waals surface area contributed by atoms with Crippen LogP contribution in [0.2, 0.25) is 5.02 Å². The van der Waals surface area contributed by atoms with Crippen molar-refractivity contribution in [2.45, 2.75) is 0 Å². The Hall–Kier alpha value is -3.48. The number of benzene rings is 1. The van der Waals surface area contributed by atoms with E-state index in [1.807, 2.05) is 0 Å². The largest absolute Gasteiger partial charge is 0.493 e. The zero-order chi connectivity index (χ0) is 22.4. The normalized spacial score (nSPS) is 11.2. The van der Waals surface area contributed by atoms with Crippen molar-refractivity contribution in [3.8, 4) is 22.6 Å². The number of hydrogen-bond donors (Lipinski definition) is 0. The van der Waals surface area contributed by atoms with Crippen molar-refractivity contribution in [3.63, 3.8) is 0 Å². The van der Waals surface area contributed by atoms with Crippen molar-refractivity contribution >= 4 is 56.6 Å². The summed E-state index contributed by atoms with van der Waals surface area (Å²) < 4.78 is 30.7. The molecular weight excluding hydrogens is 481 g/mol. The van der Waals surface area contributed by atoms with E-state index in [-0.39, 0.29) is 37.9 Å². The van der Waals surface area contributed by atoms with E-state index in [1.54, 1.807) is 6.07 Å². The van der Waals surface area contributed by atoms with Gasteiger partial charge in [-0.25, -0.2) is 23.9 Å². The number of halogens is 2. The fraction of sp³-hybridized carbons (Fsp3) is 0.0526. The zero-order valence-corrected chi connectivity index (χ0v) is 18.3. The Morgan fingerprint density at radius 1 is 1.22 bits per heavy atom. The van der Waals surface area contributed by atoms with Crippen molar-refractivity contribution in [2.24, 2.45) is 0 Å². The second kappa shape index (κ2) is 7.89. The summed E-state index contributed by atoms with van der Waals surface area (Å²) in [5.74, 6) is 0.0280. The Morgan fingerprint density at radius 3 is 2.84 bits per heavy atom. The maximum Gasteiger partial charge on any atom is 0.323 e. The van der Waals surface area contributed by atoms with E-state index in [0.29, 0.717) is 16.1 Å². The van der Waals surface area contributed by atoms with Crippen molar-refractivity contribution in [2.75, 3.05) is 7.11 Å². The van der Waals surface area contributed by atoms with Gasteiger partial charge in [-0.15, -0.1) is 0 Å². The van der Waals surface area contributed by atoms with Crippen LogP contribution in [-0.4, -0.2) is 31.6 Å². The zero-order valence-electron chi connectivity index (χ0n) is 15.9. The van der Waals surface area contributed by atoms with E-state index in [2.05, 4.69) is 19.9 Å². The van der Waals surface area contributed by atoms with Crippen molar-refractivity contribution in [1.82, 2.24) is 24.5 Å². The molecule has 5 rings (SSSR count). The van der Waals surface area contributed by atoms with Crippen LogP contribution in [0.25, 0.3) is 26.6 Å². The van der Waals surface area contributed by atoms with Crippen LogP contribution in [0.3, 0.4) is 0 Å². The highest BCUT2D eigenvalue weighted by molar-refractivity contribution is 7.71. The molecule has 13 heteroatoms. The first-order chi connectivity index (χ1) is 15.4. The van der Waals surface area contributed by atoms with Crippen LogP contribution < -0.4 is 15.0 Å². The number of rotatable bonds is 4. The summed E-state index contributed by atoms with van der Waals surface area (Å²) in [6.07, 6.45) is 2.85.